The fourth-order valence-corrected chi connectivity index (χ4v) is 0.603. The van der Waals surface area contributed by atoms with Crippen molar-refractivity contribution < 1.29 is 13.6 Å². The second-order valence-electron chi connectivity index (χ2n) is 1.76. The number of rotatable bonds is 2. The van der Waals surface area contributed by atoms with Crippen LogP contribution < -0.4 is 0 Å². The number of halogens is 2. The van der Waals surface area contributed by atoms with Gasteiger partial charge >= 0.3 is 6.43 Å². The number of nitrogens with one attached hydrogen (secondary N) is 1. The molecule has 10 heavy (non-hydrogen) atoms. The summed E-state index contributed by atoms with van der Waals surface area (Å²) in [5.74, 6) is -1.14. The first-order valence-electron chi connectivity index (χ1n) is 2.67. The maximum Gasteiger partial charge on any atom is 0.300 e. The molecule has 1 N–H and O–H groups in total. The summed E-state index contributed by atoms with van der Waals surface area (Å²) in [6, 6.07) is 1.31. The largest absolute Gasteiger partial charge is 0.367 e. The van der Waals surface area contributed by atoms with Crippen molar-refractivity contribution in [1.29, 1.82) is 0 Å². The molecule has 0 fully saturated rings. The zero-order valence-electron chi connectivity index (χ0n) is 4.97. The van der Waals surface area contributed by atoms with Gasteiger partial charge in [0.15, 0.2) is 0 Å². The minimum Gasteiger partial charge on any atom is -0.367 e. The lowest BCUT2D eigenvalue weighted by Crippen LogP contribution is -2.08. The molecule has 0 aliphatic heterocycles. The van der Waals surface area contributed by atoms with E-state index in [1.165, 1.54) is 18.5 Å². The van der Waals surface area contributed by atoms with Crippen molar-refractivity contribution in [2.24, 2.45) is 0 Å². The van der Waals surface area contributed by atoms with E-state index in [-0.39, 0.29) is 5.56 Å². The molecule has 54 valence electrons. The fraction of sp³-hybridized carbons (Fsp3) is 0.167. The molecule has 1 aromatic heterocycles. The SMILES string of the molecule is O=C(c1cc[nH]c1)C(F)F. The summed E-state index contributed by atoms with van der Waals surface area (Å²) in [7, 11) is 0. The molecule has 1 heterocycles. The lowest BCUT2D eigenvalue weighted by Gasteiger charge is -1.91. The van der Waals surface area contributed by atoms with Gasteiger partial charge in [-0.3, -0.25) is 4.79 Å². The highest BCUT2D eigenvalue weighted by atomic mass is 19.3. The predicted molar refractivity (Wildman–Crippen MR) is 31.1 cm³/mol. The summed E-state index contributed by atoms with van der Waals surface area (Å²) >= 11 is 0. The molecule has 0 saturated carbocycles. The van der Waals surface area contributed by atoms with Crippen molar-refractivity contribution in [2.45, 2.75) is 6.43 Å². The Morgan fingerprint density at radius 2 is 2.30 bits per heavy atom. The van der Waals surface area contributed by atoms with Crippen LogP contribution in [0.25, 0.3) is 0 Å². The van der Waals surface area contributed by atoms with Gasteiger partial charge < -0.3 is 4.98 Å². The third-order valence-electron chi connectivity index (χ3n) is 1.08. The highest BCUT2D eigenvalue weighted by Crippen LogP contribution is 2.05. The first kappa shape index (κ1) is 6.92. The van der Waals surface area contributed by atoms with Crippen LogP contribution in [0.4, 0.5) is 8.78 Å². The van der Waals surface area contributed by atoms with Gasteiger partial charge in [-0.1, -0.05) is 0 Å². The number of hydrogen-bond donors (Lipinski definition) is 1. The summed E-state index contributed by atoms with van der Waals surface area (Å²) < 4.78 is 23.3. The molecule has 0 aliphatic rings. The van der Waals surface area contributed by atoms with Crippen LogP contribution in [0.5, 0.6) is 0 Å². The van der Waals surface area contributed by atoms with Crippen LogP contribution in [0.2, 0.25) is 0 Å². The standard InChI is InChI=1S/C6H5F2NO/c7-6(8)5(10)4-1-2-9-3-4/h1-3,6,9H. The molecule has 0 amide bonds. The quantitative estimate of drug-likeness (QED) is 0.628. The number of ketones is 1. The van der Waals surface area contributed by atoms with Crippen LogP contribution in [0.3, 0.4) is 0 Å². The molecule has 0 spiro atoms. The molecule has 0 aliphatic carbocycles. The van der Waals surface area contributed by atoms with Crippen LogP contribution in [0, 0.1) is 0 Å². The van der Waals surface area contributed by atoms with Crippen LogP contribution in [-0.2, 0) is 0 Å². The number of carbonyl (C=O) groups excluding carboxylic acids is 1. The Kier molecular flexibility index (Phi) is 1.80. The van der Waals surface area contributed by atoms with Gasteiger partial charge in [0.1, 0.15) is 0 Å². The van der Waals surface area contributed by atoms with Crippen LogP contribution in [-0.4, -0.2) is 17.2 Å². The zero-order chi connectivity index (χ0) is 7.56. The van der Waals surface area contributed by atoms with E-state index >= 15 is 0 Å². The first-order valence-corrected chi connectivity index (χ1v) is 2.67. The van der Waals surface area contributed by atoms with Gasteiger partial charge in [0.2, 0.25) is 5.78 Å². The summed E-state index contributed by atoms with van der Waals surface area (Å²) in [6.45, 7) is 0. The van der Waals surface area contributed by atoms with Crippen molar-refractivity contribution in [3.8, 4) is 0 Å². The van der Waals surface area contributed by atoms with Crippen LogP contribution in [0.1, 0.15) is 10.4 Å². The number of alkyl halides is 2. The van der Waals surface area contributed by atoms with E-state index in [0.717, 1.165) is 0 Å². The van der Waals surface area contributed by atoms with Gasteiger partial charge in [0.25, 0.3) is 0 Å². The van der Waals surface area contributed by atoms with Gasteiger partial charge in [-0.15, -0.1) is 0 Å². The van der Waals surface area contributed by atoms with Gasteiger partial charge in [-0.05, 0) is 6.07 Å². The summed E-state index contributed by atoms with van der Waals surface area (Å²) in [5.41, 5.74) is 0.0231. The van der Waals surface area contributed by atoms with Crippen molar-refractivity contribution in [3.05, 3.63) is 24.0 Å². The lowest BCUT2D eigenvalue weighted by molar-refractivity contribution is 0.0679. The third kappa shape index (κ3) is 1.21. The van der Waals surface area contributed by atoms with E-state index in [0.29, 0.717) is 0 Å². The average molecular weight is 145 g/mol. The normalized spacial score (nSPS) is 10.3. The van der Waals surface area contributed by atoms with Crippen LogP contribution in [0.15, 0.2) is 18.5 Å². The molecule has 0 aromatic carbocycles. The molecule has 0 atom stereocenters. The Labute approximate surface area is 55.9 Å². The molecular weight excluding hydrogens is 140 g/mol. The molecule has 1 rings (SSSR count). The highest BCUT2D eigenvalue weighted by molar-refractivity contribution is 5.98. The number of aromatic amines is 1. The molecule has 0 saturated heterocycles. The second-order valence-corrected chi connectivity index (χ2v) is 1.76. The Bertz CT molecular complexity index is 218. The summed E-state index contributed by atoms with van der Waals surface area (Å²) in [6.07, 6.45) is -0.236. The number of carbonyl (C=O) groups is 1. The summed E-state index contributed by atoms with van der Waals surface area (Å²) in [5, 5.41) is 0. The van der Waals surface area contributed by atoms with Gasteiger partial charge in [0.05, 0.1) is 0 Å². The second kappa shape index (κ2) is 2.60. The number of Topliss-reactive ketones (excluding diaryl/α,β-unsaturated/α-hetero) is 1. The van der Waals surface area contributed by atoms with Gasteiger partial charge in [-0.2, -0.15) is 0 Å². The Hall–Kier alpha value is -1.19. The van der Waals surface area contributed by atoms with Crippen LogP contribution >= 0.6 is 0 Å². The van der Waals surface area contributed by atoms with Crippen molar-refractivity contribution in [3.63, 3.8) is 0 Å². The molecule has 1 aromatic rings. The molecule has 0 radical (unpaired) electrons. The van der Waals surface area contributed by atoms with Gasteiger partial charge in [0, 0.05) is 18.0 Å². The fourth-order valence-electron chi connectivity index (χ4n) is 0.603. The van der Waals surface area contributed by atoms with Crippen molar-refractivity contribution in [1.82, 2.24) is 4.98 Å². The summed E-state index contributed by atoms with van der Waals surface area (Å²) in [4.78, 5) is 12.9. The van der Waals surface area contributed by atoms with E-state index in [4.69, 9.17) is 0 Å². The van der Waals surface area contributed by atoms with Crippen molar-refractivity contribution >= 4 is 5.78 Å². The molecular formula is C6H5F2NO. The van der Waals surface area contributed by atoms with E-state index in [2.05, 4.69) is 4.98 Å². The first-order chi connectivity index (χ1) is 4.72. The van der Waals surface area contributed by atoms with E-state index in [1.807, 2.05) is 0 Å². The monoisotopic (exact) mass is 145 g/mol. The van der Waals surface area contributed by atoms with E-state index in [9.17, 15) is 13.6 Å². The maximum atomic E-state index is 11.6. The Morgan fingerprint density at radius 3 is 2.70 bits per heavy atom. The third-order valence-corrected chi connectivity index (χ3v) is 1.08. The van der Waals surface area contributed by atoms with Crippen molar-refractivity contribution in [2.75, 3.05) is 0 Å². The Morgan fingerprint density at radius 1 is 1.60 bits per heavy atom. The molecule has 2 nitrogen and oxygen atoms in total. The average Bonchev–Trinajstić information content (AvgIpc) is 2.36. The molecule has 0 bridgehead atoms. The minimum atomic E-state index is -2.91. The Balaban J connectivity index is 2.78. The van der Waals surface area contributed by atoms with E-state index in [1.54, 1.807) is 0 Å². The smallest absolute Gasteiger partial charge is 0.300 e. The molecule has 0 unspecified atom stereocenters. The number of H-pyrrole nitrogens is 1. The van der Waals surface area contributed by atoms with Gasteiger partial charge in [-0.25, -0.2) is 8.78 Å². The molecule has 4 heteroatoms. The topological polar surface area (TPSA) is 32.9 Å². The maximum absolute atomic E-state index is 11.6. The number of hydrogen-bond acceptors (Lipinski definition) is 1. The highest BCUT2D eigenvalue weighted by Gasteiger charge is 2.17. The lowest BCUT2D eigenvalue weighted by atomic mass is 10.2. The van der Waals surface area contributed by atoms with E-state index < -0.39 is 12.2 Å². The number of aromatic nitrogens is 1. The predicted octanol–water partition coefficient (Wildman–Crippen LogP) is 1.46. The zero-order valence-corrected chi connectivity index (χ0v) is 4.97. The minimum absolute atomic E-state index is 0.0231.